The minimum atomic E-state index is -1.52. The third kappa shape index (κ3) is 5.28. The molecule has 0 aromatic heterocycles. The zero-order chi connectivity index (χ0) is 18.3. The summed E-state index contributed by atoms with van der Waals surface area (Å²) >= 11 is 0. The number of carbonyl (C=O) groups is 2. The van der Waals surface area contributed by atoms with Gasteiger partial charge in [-0.3, -0.25) is 9.59 Å². The van der Waals surface area contributed by atoms with Crippen LogP contribution in [0.5, 0.6) is 0 Å². The first-order chi connectivity index (χ1) is 12.0. The molecule has 1 aromatic rings. The number of nitrogens with zero attached hydrogens (tertiary/aromatic N) is 1. The summed E-state index contributed by atoms with van der Waals surface area (Å²) in [6.45, 7) is 5.67. The second kappa shape index (κ2) is 8.97. The lowest BCUT2D eigenvalue weighted by Crippen LogP contribution is -2.57. The van der Waals surface area contributed by atoms with E-state index in [0.29, 0.717) is 39.1 Å². The Balaban J connectivity index is 1.96. The van der Waals surface area contributed by atoms with Crippen molar-refractivity contribution in [1.82, 2.24) is 10.2 Å². The molecule has 2 amide bonds. The summed E-state index contributed by atoms with van der Waals surface area (Å²) in [5, 5.41) is 13.5. The smallest absolute Gasteiger partial charge is 0.254 e. The summed E-state index contributed by atoms with van der Waals surface area (Å²) in [7, 11) is 0. The van der Waals surface area contributed by atoms with Crippen molar-refractivity contribution in [3.63, 3.8) is 0 Å². The van der Waals surface area contributed by atoms with Crippen LogP contribution in [0.4, 0.5) is 0 Å². The summed E-state index contributed by atoms with van der Waals surface area (Å²) < 4.78 is 5.59. The molecule has 2 N–H and O–H groups in total. The van der Waals surface area contributed by atoms with Crippen molar-refractivity contribution in [2.75, 3.05) is 19.7 Å². The number of β-amino-alcohol motifs (C(OH)–C–C–N with tert-alkyl or cyclic N) is 1. The van der Waals surface area contributed by atoms with Crippen LogP contribution in [0, 0.1) is 0 Å². The summed E-state index contributed by atoms with van der Waals surface area (Å²) in [4.78, 5) is 25.6. The van der Waals surface area contributed by atoms with E-state index in [4.69, 9.17) is 4.74 Å². The molecule has 6 heteroatoms. The zero-order valence-electron chi connectivity index (χ0n) is 15.1. The molecule has 6 nitrogen and oxygen atoms in total. The number of hydrogen-bond acceptors (Lipinski definition) is 4. The van der Waals surface area contributed by atoms with Crippen LogP contribution < -0.4 is 5.32 Å². The number of benzene rings is 1. The number of nitrogens with one attached hydrogen (secondary N) is 1. The van der Waals surface area contributed by atoms with Crippen LogP contribution in [0.25, 0.3) is 0 Å². The van der Waals surface area contributed by atoms with Gasteiger partial charge < -0.3 is 20.1 Å². The van der Waals surface area contributed by atoms with E-state index in [2.05, 4.69) is 12.2 Å². The number of rotatable bonds is 7. The quantitative estimate of drug-likeness (QED) is 0.734. The Labute approximate surface area is 149 Å². The van der Waals surface area contributed by atoms with E-state index in [-0.39, 0.29) is 12.5 Å². The maximum Gasteiger partial charge on any atom is 0.254 e. The number of likely N-dealkylation sites (tertiary alicyclic amines) is 1. The summed E-state index contributed by atoms with van der Waals surface area (Å²) in [6.07, 6.45) is 1.94. The molecule has 1 aliphatic heterocycles. The average Bonchev–Trinajstić information content (AvgIpc) is 2.60. The van der Waals surface area contributed by atoms with Gasteiger partial charge in [0, 0.05) is 26.6 Å². The van der Waals surface area contributed by atoms with Gasteiger partial charge in [-0.1, -0.05) is 31.2 Å². The molecular formula is C19H28N2O4. The first-order valence-electron chi connectivity index (χ1n) is 8.87. The van der Waals surface area contributed by atoms with Gasteiger partial charge in [-0.15, -0.1) is 0 Å². The number of amides is 2. The Morgan fingerprint density at radius 2 is 2.04 bits per heavy atom. The number of ether oxygens (including phenoxy) is 1. The van der Waals surface area contributed by atoms with Gasteiger partial charge in [0.05, 0.1) is 13.2 Å². The van der Waals surface area contributed by atoms with Crippen molar-refractivity contribution >= 4 is 11.8 Å². The average molecular weight is 348 g/mol. The molecule has 1 saturated heterocycles. The Hall–Kier alpha value is -1.92. The molecule has 0 aliphatic carbocycles. The number of piperidine rings is 1. The van der Waals surface area contributed by atoms with Crippen molar-refractivity contribution in [3.05, 3.63) is 35.4 Å². The molecule has 1 fully saturated rings. The van der Waals surface area contributed by atoms with E-state index in [9.17, 15) is 14.7 Å². The molecule has 138 valence electrons. The van der Waals surface area contributed by atoms with Gasteiger partial charge in [0.25, 0.3) is 5.91 Å². The summed E-state index contributed by atoms with van der Waals surface area (Å²) in [5.41, 5.74) is 0.476. The van der Waals surface area contributed by atoms with Gasteiger partial charge >= 0.3 is 0 Å². The van der Waals surface area contributed by atoms with E-state index in [1.54, 1.807) is 0 Å². The van der Waals surface area contributed by atoms with Crippen molar-refractivity contribution in [1.29, 1.82) is 0 Å². The first kappa shape index (κ1) is 19.4. The van der Waals surface area contributed by atoms with Crippen LogP contribution in [-0.2, 0) is 27.5 Å². The number of hydrogen-bond donors (Lipinski definition) is 2. The Kier molecular flexibility index (Phi) is 6.96. The highest BCUT2D eigenvalue weighted by molar-refractivity contribution is 5.86. The molecule has 1 heterocycles. The maximum absolute atomic E-state index is 12.5. The predicted molar refractivity (Wildman–Crippen MR) is 94.7 cm³/mol. The van der Waals surface area contributed by atoms with Crippen molar-refractivity contribution in [2.24, 2.45) is 0 Å². The lowest BCUT2D eigenvalue weighted by Gasteiger charge is -2.37. The molecule has 1 aromatic carbocycles. The lowest BCUT2D eigenvalue weighted by molar-refractivity contribution is -0.150. The molecule has 2 rings (SSSR count). The van der Waals surface area contributed by atoms with E-state index >= 15 is 0 Å². The molecule has 0 radical (unpaired) electrons. The molecule has 1 aliphatic rings. The highest BCUT2D eigenvalue weighted by Crippen LogP contribution is 2.22. The molecule has 0 spiro atoms. The highest BCUT2D eigenvalue weighted by atomic mass is 16.5. The second-order valence-corrected chi connectivity index (χ2v) is 6.58. The van der Waals surface area contributed by atoms with Crippen LogP contribution >= 0.6 is 0 Å². The van der Waals surface area contributed by atoms with E-state index in [0.717, 1.165) is 17.5 Å². The second-order valence-electron chi connectivity index (χ2n) is 6.58. The third-order valence-corrected chi connectivity index (χ3v) is 4.50. The van der Waals surface area contributed by atoms with E-state index in [1.165, 1.54) is 11.8 Å². The topological polar surface area (TPSA) is 78.9 Å². The predicted octanol–water partition coefficient (Wildman–Crippen LogP) is 1.60. The Bertz CT molecular complexity index is 605. The van der Waals surface area contributed by atoms with Gasteiger partial charge in [0.1, 0.15) is 0 Å². The van der Waals surface area contributed by atoms with E-state index < -0.39 is 11.5 Å². The minimum Gasteiger partial charge on any atom is -0.378 e. The fraction of sp³-hybridized carbons (Fsp3) is 0.579. The monoisotopic (exact) mass is 348 g/mol. The Morgan fingerprint density at radius 3 is 2.72 bits per heavy atom. The molecule has 0 bridgehead atoms. The van der Waals surface area contributed by atoms with Crippen LogP contribution in [0.1, 0.15) is 44.2 Å². The van der Waals surface area contributed by atoms with Gasteiger partial charge in [-0.25, -0.2) is 0 Å². The van der Waals surface area contributed by atoms with Crippen LogP contribution in [0.3, 0.4) is 0 Å². The molecule has 0 unspecified atom stereocenters. The maximum atomic E-state index is 12.5. The van der Waals surface area contributed by atoms with Crippen LogP contribution in [0.15, 0.2) is 24.3 Å². The summed E-state index contributed by atoms with van der Waals surface area (Å²) in [5.74, 6) is -0.549. The largest absolute Gasteiger partial charge is 0.378 e. The highest BCUT2D eigenvalue weighted by Gasteiger charge is 2.40. The molecular weight excluding hydrogens is 320 g/mol. The SMILES string of the molecule is CCCOCc1ccccc1CNC(=O)[C@]1(O)CCCN(C(C)=O)C1. The zero-order valence-corrected chi connectivity index (χ0v) is 15.1. The Morgan fingerprint density at radius 1 is 1.32 bits per heavy atom. The molecule has 25 heavy (non-hydrogen) atoms. The lowest BCUT2D eigenvalue weighted by atomic mass is 9.91. The molecule has 1 atom stereocenters. The van der Waals surface area contributed by atoms with Gasteiger partial charge in [0.15, 0.2) is 5.60 Å². The van der Waals surface area contributed by atoms with Gasteiger partial charge in [-0.05, 0) is 30.4 Å². The normalized spacial score (nSPS) is 20.4. The third-order valence-electron chi connectivity index (χ3n) is 4.50. The van der Waals surface area contributed by atoms with Crippen LogP contribution in [-0.4, -0.2) is 47.1 Å². The van der Waals surface area contributed by atoms with Gasteiger partial charge in [0.2, 0.25) is 5.91 Å². The van der Waals surface area contributed by atoms with Crippen molar-refractivity contribution in [2.45, 2.75) is 51.9 Å². The first-order valence-corrected chi connectivity index (χ1v) is 8.87. The fourth-order valence-electron chi connectivity index (χ4n) is 3.03. The van der Waals surface area contributed by atoms with Crippen molar-refractivity contribution in [3.8, 4) is 0 Å². The number of carbonyl (C=O) groups excluding carboxylic acids is 2. The van der Waals surface area contributed by atoms with Crippen LogP contribution in [0.2, 0.25) is 0 Å². The van der Waals surface area contributed by atoms with E-state index in [1.807, 2.05) is 24.3 Å². The van der Waals surface area contributed by atoms with Gasteiger partial charge in [-0.2, -0.15) is 0 Å². The summed E-state index contributed by atoms with van der Waals surface area (Å²) in [6, 6.07) is 7.77. The van der Waals surface area contributed by atoms with Crippen molar-refractivity contribution < 1.29 is 19.4 Å². The minimum absolute atomic E-state index is 0.0510. The fourth-order valence-corrected chi connectivity index (χ4v) is 3.03. The number of aliphatic hydroxyl groups is 1. The molecule has 0 saturated carbocycles. The standard InChI is InChI=1S/C19H28N2O4/c1-3-11-25-13-17-8-5-4-7-16(17)12-20-18(23)19(24)9-6-10-21(14-19)15(2)22/h4-5,7-8,24H,3,6,9-14H2,1-2H3,(H,20,23)/t19-/m0/s1.